The molecule has 3 nitrogen and oxygen atoms in total. The van der Waals surface area contributed by atoms with E-state index in [-0.39, 0.29) is 0 Å². The van der Waals surface area contributed by atoms with Gasteiger partial charge in [0.15, 0.2) is 0 Å². The molecule has 0 aliphatic carbocycles. The molecule has 4 N–H and O–H groups in total. The summed E-state index contributed by atoms with van der Waals surface area (Å²) >= 11 is 5.57. The van der Waals surface area contributed by atoms with E-state index in [1.165, 1.54) is 12.4 Å². The van der Waals surface area contributed by atoms with Crippen molar-refractivity contribution in [2.75, 3.05) is 6.54 Å². The van der Waals surface area contributed by atoms with E-state index in [1.807, 2.05) is 0 Å². The largest absolute Gasteiger partial charge is 0.403 e. The van der Waals surface area contributed by atoms with Crippen molar-refractivity contribution in [2.24, 2.45) is 16.5 Å². The van der Waals surface area contributed by atoms with Gasteiger partial charge in [-0.3, -0.25) is 0 Å². The molecule has 4 heteroatoms. The molecule has 0 saturated heterocycles. The van der Waals surface area contributed by atoms with E-state index in [1.54, 1.807) is 0 Å². The molecule has 0 atom stereocenters. The summed E-state index contributed by atoms with van der Waals surface area (Å²) in [4.78, 5) is 3.71. The molecule has 0 aromatic rings. The van der Waals surface area contributed by atoms with E-state index in [2.05, 4.69) is 11.6 Å². The Kier molecular flexibility index (Phi) is 4.62. The zero-order chi connectivity index (χ0) is 7.98. The third-order valence-corrected chi connectivity index (χ3v) is 1.18. The van der Waals surface area contributed by atoms with Crippen molar-refractivity contribution < 1.29 is 0 Å². The summed E-state index contributed by atoms with van der Waals surface area (Å²) in [6.45, 7) is 3.87. The minimum Gasteiger partial charge on any atom is -0.403 e. The first-order valence-corrected chi connectivity index (χ1v) is 3.08. The van der Waals surface area contributed by atoms with E-state index in [4.69, 9.17) is 23.1 Å². The molecule has 0 rings (SSSR count). The van der Waals surface area contributed by atoms with Crippen LogP contribution < -0.4 is 11.5 Å². The Morgan fingerprint density at radius 1 is 1.70 bits per heavy atom. The second-order valence-electron chi connectivity index (χ2n) is 1.57. The zero-order valence-electron chi connectivity index (χ0n) is 5.55. The van der Waals surface area contributed by atoms with E-state index >= 15 is 0 Å². The van der Waals surface area contributed by atoms with Crippen molar-refractivity contribution in [1.82, 2.24) is 0 Å². The smallest absolute Gasteiger partial charge is 0.132 e. The van der Waals surface area contributed by atoms with Crippen molar-refractivity contribution in [1.29, 1.82) is 0 Å². The lowest BCUT2D eigenvalue weighted by Crippen LogP contribution is -2.06. The first-order valence-electron chi connectivity index (χ1n) is 2.70. The van der Waals surface area contributed by atoms with Gasteiger partial charge in [0.2, 0.25) is 0 Å². The average molecular weight is 160 g/mol. The van der Waals surface area contributed by atoms with E-state index in [9.17, 15) is 0 Å². The molecule has 10 heavy (non-hydrogen) atoms. The van der Waals surface area contributed by atoms with Crippen molar-refractivity contribution in [3.05, 3.63) is 24.6 Å². The van der Waals surface area contributed by atoms with Crippen molar-refractivity contribution in [2.45, 2.75) is 0 Å². The minimum absolute atomic E-state index is 0.296. The normalized spacial score (nSPS) is 12.4. The molecule has 0 spiro atoms. The number of aliphatic imine (C=N–C) groups is 1. The Hall–Kier alpha value is -0.800. The molecule has 0 unspecified atom stereocenters. The molecule has 0 aliphatic heterocycles. The monoisotopic (exact) mass is 159 g/mol. The molecule has 56 valence electrons. The average Bonchev–Trinajstić information content (AvgIpc) is 1.98. The summed E-state index contributed by atoms with van der Waals surface area (Å²) in [6, 6.07) is 0. The van der Waals surface area contributed by atoms with E-state index in [0.717, 1.165) is 0 Å². The lowest BCUT2D eigenvalue weighted by Gasteiger charge is -1.94. The Morgan fingerprint density at radius 3 is 2.70 bits per heavy atom. The van der Waals surface area contributed by atoms with Gasteiger partial charge in [-0.1, -0.05) is 18.2 Å². The summed E-state index contributed by atoms with van der Waals surface area (Å²) < 4.78 is 0. The Balaban J connectivity index is 4.05. The third kappa shape index (κ3) is 3.27. The van der Waals surface area contributed by atoms with Gasteiger partial charge in [0, 0.05) is 18.9 Å². The SMILES string of the molecule is C=C(CN)/C(Cl)=N\C=C/N. The van der Waals surface area contributed by atoms with Gasteiger partial charge >= 0.3 is 0 Å². The number of hydrogen-bond acceptors (Lipinski definition) is 3. The van der Waals surface area contributed by atoms with Crippen LogP contribution in [-0.2, 0) is 0 Å². The lowest BCUT2D eigenvalue weighted by molar-refractivity contribution is 1.22. The van der Waals surface area contributed by atoms with Crippen molar-refractivity contribution in [3.8, 4) is 0 Å². The number of halogens is 1. The third-order valence-electron chi connectivity index (χ3n) is 0.812. The molecule has 0 aromatic carbocycles. The van der Waals surface area contributed by atoms with Gasteiger partial charge in [0.05, 0.1) is 0 Å². The maximum Gasteiger partial charge on any atom is 0.132 e. The maximum atomic E-state index is 5.57. The predicted octanol–water partition coefficient (Wildman–Crippen LogP) is 0.569. The topological polar surface area (TPSA) is 64.4 Å². The molecule has 0 saturated carbocycles. The molecule has 0 aliphatic rings. The van der Waals surface area contributed by atoms with Gasteiger partial charge in [0.1, 0.15) is 5.17 Å². The van der Waals surface area contributed by atoms with Crippen LogP contribution in [0, 0.1) is 0 Å². The number of rotatable bonds is 3. The maximum absolute atomic E-state index is 5.57. The molecule has 0 heterocycles. The standard InChI is InChI=1S/C6H10ClN3/c1-5(4-9)6(7)10-3-2-8/h2-3H,1,4,8-9H2/b3-2-,10-6+. The first-order chi connectivity index (χ1) is 4.72. The summed E-state index contributed by atoms with van der Waals surface area (Å²) in [5, 5.41) is 0.296. The number of hydrogen-bond donors (Lipinski definition) is 2. The summed E-state index contributed by atoms with van der Waals surface area (Å²) in [7, 11) is 0. The quantitative estimate of drug-likeness (QED) is 0.592. The molecule has 0 aromatic heterocycles. The van der Waals surface area contributed by atoms with Crippen LogP contribution in [0.5, 0.6) is 0 Å². The van der Waals surface area contributed by atoms with Crippen LogP contribution in [0.3, 0.4) is 0 Å². The van der Waals surface area contributed by atoms with Crippen molar-refractivity contribution >= 4 is 16.8 Å². The summed E-state index contributed by atoms with van der Waals surface area (Å²) in [5.41, 5.74) is 10.8. The molecular formula is C6H10ClN3. The van der Waals surface area contributed by atoms with Gasteiger partial charge in [-0.05, 0) is 5.57 Å². The van der Waals surface area contributed by atoms with Gasteiger partial charge in [-0.15, -0.1) is 0 Å². The van der Waals surface area contributed by atoms with Gasteiger partial charge in [-0.25, -0.2) is 4.99 Å². The van der Waals surface area contributed by atoms with Crippen LogP contribution in [0.2, 0.25) is 0 Å². The number of nitrogens with two attached hydrogens (primary N) is 2. The van der Waals surface area contributed by atoms with Crippen LogP contribution in [0.15, 0.2) is 29.5 Å². The molecule has 0 bridgehead atoms. The van der Waals surface area contributed by atoms with Crippen molar-refractivity contribution in [3.63, 3.8) is 0 Å². The zero-order valence-corrected chi connectivity index (χ0v) is 6.30. The highest BCUT2D eigenvalue weighted by Gasteiger charge is 1.94. The summed E-state index contributed by atoms with van der Waals surface area (Å²) in [6.07, 6.45) is 2.66. The summed E-state index contributed by atoms with van der Waals surface area (Å²) in [5.74, 6) is 0. The van der Waals surface area contributed by atoms with Crippen LogP contribution in [0.1, 0.15) is 0 Å². The molecule has 0 radical (unpaired) electrons. The fourth-order valence-electron chi connectivity index (χ4n) is 0.284. The second kappa shape index (κ2) is 5.02. The highest BCUT2D eigenvalue weighted by atomic mass is 35.5. The molecular weight excluding hydrogens is 150 g/mol. The highest BCUT2D eigenvalue weighted by Crippen LogP contribution is 1.97. The fourth-order valence-corrected chi connectivity index (χ4v) is 0.417. The molecule has 0 fully saturated rings. The highest BCUT2D eigenvalue weighted by molar-refractivity contribution is 6.69. The Bertz CT molecular complexity index is 172. The van der Waals surface area contributed by atoms with Gasteiger partial charge < -0.3 is 11.5 Å². The molecule has 0 amide bonds. The van der Waals surface area contributed by atoms with Crippen LogP contribution >= 0.6 is 11.6 Å². The van der Waals surface area contributed by atoms with Gasteiger partial charge in [0.25, 0.3) is 0 Å². The Labute approximate surface area is 65.1 Å². The lowest BCUT2D eigenvalue weighted by atomic mass is 10.3. The predicted molar refractivity (Wildman–Crippen MR) is 44.8 cm³/mol. The van der Waals surface area contributed by atoms with Crippen LogP contribution in [0.25, 0.3) is 0 Å². The van der Waals surface area contributed by atoms with Crippen LogP contribution in [0.4, 0.5) is 0 Å². The van der Waals surface area contributed by atoms with Gasteiger partial charge in [-0.2, -0.15) is 0 Å². The fraction of sp³-hybridized carbons (Fsp3) is 0.167. The number of nitrogens with zero attached hydrogens (tertiary/aromatic N) is 1. The Morgan fingerprint density at radius 2 is 2.30 bits per heavy atom. The van der Waals surface area contributed by atoms with E-state index in [0.29, 0.717) is 17.3 Å². The minimum atomic E-state index is 0.296. The first kappa shape index (κ1) is 9.20. The van der Waals surface area contributed by atoms with E-state index < -0.39 is 0 Å². The second-order valence-corrected chi connectivity index (χ2v) is 1.93. The van der Waals surface area contributed by atoms with Crippen LogP contribution in [-0.4, -0.2) is 11.7 Å².